The normalized spacial score (nSPS) is 3.00. The Morgan fingerprint density at radius 2 is 1.60 bits per heavy atom. The summed E-state index contributed by atoms with van der Waals surface area (Å²) in [7, 11) is 0. The molecule has 0 aliphatic rings. The maximum absolute atomic E-state index is 8.34. The van der Waals surface area contributed by atoms with Crippen LogP contribution in [0.3, 0.4) is 0 Å². The van der Waals surface area contributed by atoms with Gasteiger partial charge in [-0.15, -0.1) is 0 Å². The first-order valence-electron chi connectivity index (χ1n) is 0.632. The summed E-state index contributed by atoms with van der Waals surface area (Å²) in [6.45, 7) is 0.500. The molecule has 3 nitrogen and oxygen atoms in total. The van der Waals surface area contributed by atoms with Crippen molar-refractivity contribution in [1.82, 2.24) is 0 Å². The predicted octanol–water partition coefficient (Wildman–Crippen LogP) is -0.510. The van der Waals surface area contributed by atoms with Crippen LogP contribution in [0.15, 0.2) is 0 Å². The van der Waals surface area contributed by atoms with Gasteiger partial charge in [0, 0.05) is 0 Å². The van der Waals surface area contributed by atoms with E-state index in [0.29, 0.717) is 31.2 Å². The SMILES string of the molecule is O=[C-]O.[O]=[Zr]. The van der Waals surface area contributed by atoms with Crippen molar-refractivity contribution in [2.24, 2.45) is 0 Å². The molecule has 0 saturated carbocycles. The van der Waals surface area contributed by atoms with Crippen LogP contribution in [0, 0.1) is 0 Å². The molecule has 1 N–H and O–H groups in total. The molecule has 0 fully saturated rings. The van der Waals surface area contributed by atoms with Crippen LogP contribution in [0.4, 0.5) is 0 Å². The van der Waals surface area contributed by atoms with E-state index in [-0.39, 0.29) is 0 Å². The van der Waals surface area contributed by atoms with E-state index in [0.717, 1.165) is 0 Å². The van der Waals surface area contributed by atoms with Crippen LogP contribution in [0.1, 0.15) is 0 Å². The van der Waals surface area contributed by atoms with Crippen molar-refractivity contribution in [2.75, 3.05) is 0 Å². The molecule has 0 bridgehead atoms. The second-order valence-corrected chi connectivity index (χ2v) is 0.0913. The fourth-order valence-electron chi connectivity index (χ4n) is 0. The van der Waals surface area contributed by atoms with Crippen molar-refractivity contribution in [1.29, 1.82) is 0 Å². The van der Waals surface area contributed by atoms with Crippen LogP contribution < -0.4 is 0 Å². The molecule has 28 valence electrons. The third-order valence-corrected chi connectivity index (χ3v) is 0. The third-order valence-electron chi connectivity index (χ3n) is 0. The fraction of sp³-hybridized carbons (Fsp3) is 0. The van der Waals surface area contributed by atoms with E-state index < -0.39 is 0 Å². The van der Waals surface area contributed by atoms with E-state index in [2.05, 4.69) is 0 Å². The van der Waals surface area contributed by atoms with Gasteiger partial charge in [0.2, 0.25) is 0 Å². The van der Waals surface area contributed by atoms with Crippen LogP contribution in [0.5, 0.6) is 0 Å². The van der Waals surface area contributed by atoms with Crippen molar-refractivity contribution < 1.29 is 37.4 Å². The molecular weight excluding hydrogens is 151 g/mol. The minimum atomic E-state index is 0.300. The van der Waals surface area contributed by atoms with Crippen LogP contribution in [0.2, 0.25) is 0 Å². The molecule has 0 spiro atoms. The first kappa shape index (κ1) is 8.94. The van der Waals surface area contributed by atoms with Gasteiger partial charge in [-0.25, -0.2) is 0 Å². The second-order valence-electron chi connectivity index (χ2n) is 0.0913. The zero-order valence-electron chi connectivity index (χ0n) is 2.26. The molecule has 0 aliphatic heterocycles. The summed E-state index contributed by atoms with van der Waals surface area (Å²) in [6.07, 6.45) is 0. The van der Waals surface area contributed by atoms with Gasteiger partial charge >= 0.3 is 27.5 Å². The van der Waals surface area contributed by atoms with E-state index in [4.69, 9.17) is 12.7 Å². The first-order valence-corrected chi connectivity index (χ1v) is 1.64. The topological polar surface area (TPSA) is 54.4 Å². The Morgan fingerprint density at radius 3 is 1.60 bits per heavy atom. The van der Waals surface area contributed by atoms with Crippen molar-refractivity contribution >= 4 is 6.47 Å². The minimum absolute atomic E-state index is 0.300. The molecule has 0 aliphatic carbocycles. The van der Waals surface area contributed by atoms with Gasteiger partial charge in [0.05, 0.1) is 0 Å². The summed E-state index contributed by atoms with van der Waals surface area (Å²) in [5.74, 6) is 0. The molecule has 4 heteroatoms. The Balaban J connectivity index is 0. The first-order chi connectivity index (χ1) is 2.41. The van der Waals surface area contributed by atoms with E-state index in [1.54, 1.807) is 0 Å². The Bertz CT molecular complexity index is 20.9. The van der Waals surface area contributed by atoms with E-state index in [1.165, 1.54) is 0 Å². The number of rotatable bonds is 0. The molecule has 0 aromatic heterocycles. The molecule has 5 heavy (non-hydrogen) atoms. The summed E-state index contributed by atoms with van der Waals surface area (Å²) >= 11 is 0.300. The molecule has 0 heterocycles. The molecule has 0 saturated heterocycles. The van der Waals surface area contributed by atoms with Gasteiger partial charge in [-0.2, -0.15) is 0 Å². The van der Waals surface area contributed by atoms with E-state index in [9.17, 15) is 0 Å². The fourth-order valence-corrected chi connectivity index (χ4v) is 0. The summed E-state index contributed by atoms with van der Waals surface area (Å²) < 4.78 is 8.34. The van der Waals surface area contributed by atoms with Gasteiger partial charge in [-0.1, -0.05) is 6.47 Å². The number of aliphatic hydroxyl groups excluding tert-OH is 1. The third kappa shape index (κ3) is 821. The Morgan fingerprint density at radius 1 is 1.60 bits per heavy atom. The monoisotopic (exact) mass is 151 g/mol. The molecule has 0 radical (unpaired) electrons. The summed E-state index contributed by atoms with van der Waals surface area (Å²) in [5.41, 5.74) is 0. The van der Waals surface area contributed by atoms with E-state index in [1.807, 2.05) is 0 Å². The van der Waals surface area contributed by atoms with Gasteiger partial charge in [-0.05, 0) is 0 Å². The average Bonchev–Trinajstić information content (AvgIpc) is 1.46. The molecule has 0 aromatic carbocycles. The van der Waals surface area contributed by atoms with Crippen molar-refractivity contribution in [3.05, 3.63) is 0 Å². The van der Waals surface area contributed by atoms with Crippen LogP contribution in [-0.4, -0.2) is 11.6 Å². The Kier molecular flexibility index (Phi) is 55.5. The Labute approximate surface area is 44.3 Å². The zero-order valence-corrected chi connectivity index (χ0v) is 4.72. The molecule has 0 atom stereocenters. The number of hydrogen-bond donors (Lipinski definition) is 1. The zero-order chi connectivity index (χ0) is 4.71. The second kappa shape index (κ2) is 31.1. The van der Waals surface area contributed by atoms with Gasteiger partial charge < -0.3 is 9.90 Å². The quantitative estimate of drug-likeness (QED) is 0.476. The Hall–Kier alpha value is 0.153. The number of hydrogen-bond acceptors (Lipinski definition) is 2. The van der Waals surface area contributed by atoms with Crippen LogP contribution in [-0.2, 0) is 32.3 Å². The van der Waals surface area contributed by atoms with Gasteiger partial charge in [0.25, 0.3) is 0 Å². The molecular formula is CHO3Zr-. The summed E-state index contributed by atoms with van der Waals surface area (Å²) in [5, 5.41) is 6.76. The van der Waals surface area contributed by atoms with Gasteiger partial charge in [0.15, 0.2) is 0 Å². The van der Waals surface area contributed by atoms with E-state index >= 15 is 0 Å². The molecule has 0 aromatic rings. The van der Waals surface area contributed by atoms with Gasteiger partial charge in [-0.3, -0.25) is 0 Å². The molecule has 0 rings (SSSR count). The molecule has 0 unspecified atom stereocenters. The molecule has 0 amide bonds. The van der Waals surface area contributed by atoms with Crippen LogP contribution in [0.25, 0.3) is 0 Å². The maximum atomic E-state index is 8.34. The van der Waals surface area contributed by atoms with Crippen molar-refractivity contribution in [3.8, 4) is 0 Å². The summed E-state index contributed by atoms with van der Waals surface area (Å²) in [4.78, 5) is 8.24. The average molecular weight is 152 g/mol. The standard InChI is InChI=1S/CHO2.O.Zr/c2-1-3;;/h(H,2,3);;/q-1;;. The van der Waals surface area contributed by atoms with Crippen LogP contribution >= 0.6 is 0 Å². The van der Waals surface area contributed by atoms with Gasteiger partial charge in [0.1, 0.15) is 0 Å². The summed E-state index contributed by atoms with van der Waals surface area (Å²) in [6, 6.07) is 0. The predicted molar refractivity (Wildman–Crippen MR) is 9.01 cm³/mol. The van der Waals surface area contributed by atoms with Crippen molar-refractivity contribution in [3.63, 3.8) is 0 Å². The van der Waals surface area contributed by atoms with Crippen molar-refractivity contribution in [2.45, 2.75) is 0 Å².